The summed E-state index contributed by atoms with van der Waals surface area (Å²) in [6.45, 7) is 8.51. The number of para-hydroxylation sites is 1. The highest BCUT2D eigenvalue weighted by Crippen LogP contribution is 2.39. The highest BCUT2D eigenvalue weighted by Gasteiger charge is 2.32. The van der Waals surface area contributed by atoms with Crippen molar-refractivity contribution in [3.63, 3.8) is 0 Å². The molecule has 0 bridgehead atoms. The molecular weight excluding hydrogens is 578 g/mol. The topological polar surface area (TPSA) is 131 Å². The van der Waals surface area contributed by atoms with Gasteiger partial charge in [0, 0.05) is 43.5 Å². The zero-order valence-corrected chi connectivity index (χ0v) is 26.3. The van der Waals surface area contributed by atoms with Crippen LogP contribution in [0.5, 0.6) is 0 Å². The molecule has 2 aliphatic rings. The molecule has 0 radical (unpaired) electrons. The smallest absolute Gasteiger partial charge is 0.227 e. The summed E-state index contributed by atoms with van der Waals surface area (Å²) >= 11 is 0. The first-order valence-corrected chi connectivity index (χ1v) is 15.6. The molecule has 2 aliphatic heterocycles. The number of nitrogens with one attached hydrogen (secondary N) is 3. The number of ether oxygens (including phenoxy) is 4. The number of amides is 2. The molecule has 2 amide bonds. The number of ketones is 1. The number of rotatable bonds is 19. The number of carbonyl (C=O) groups is 3. The van der Waals surface area contributed by atoms with Crippen LogP contribution in [0.25, 0.3) is 11.4 Å². The Labute approximate surface area is 264 Å². The van der Waals surface area contributed by atoms with E-state index in [1.54, 1.807) is 4.90 Å². The molecule has 4 rings (SSSR count). The third kappa shape index (κ3) is 10.1. The number of hydrogen-bond donors (Lipinski definition) is 3. The Balaban J connectivity index is 1.15. The first kappa shape index (κ1) is 34.1. The van der Waals surface area contributed by atoms with Crippen molar-refractivity contribution in [2.45, 2.75) is 39.7 Å². The van der Waals surface area contributed by atoms with E-state index in [4.69, 9.17) is 18.9 Å². The molecule has 0 fully saturated rings. The number of fused-ring (bicyclic) bond motifs is 4. The van der Waals surface area contributed by atoms with E-state index in [9.17, 15) is 14.4 Å². The van der Waals surface area contributed by atoms with Crippen molar-refractivity contribution < 1.29 is 33.3 Å². The van der Waals surface area contributed by atoms with Gasteiger partial charge >= 0.3 is 0 Å². The predicted octanol–water partition coefficient (Wildman–Crippen LogP) is 2.65. The van der Waals surface area contributed by atoms with Crippen LogP contribution >= 0.6 is 0 Å². The van der Waals surface area contributed by atoms with E-state index in [0.29, 0.717) is 72.4 Å². The van der Waals surface area contributed by atoms with Crippen LogP contribution < -0.4 is 21.2 Å². The fraction of sp³-hybridized carbons (Fsp3) is 0.485. The fourth-order valence-electron chi connectivity index (χ4n) is 5.06. The minimum absolute atomic E-state index is 0.0847. The van der Waals surface area contributed by atoms with Crippen LogP contribution in [0.15, 0.2) is 48.5 Å². The number of hydrogen-bond acceptors (Lipinski definition) is 10. The average molecular weight is 624 g/mol. The zero-order chi connectivity index (χ0) is 31.9. The molecule has 45 heavy (non-hydrogen) atoms. The number of hydrazine groups is 2. The maximum atomic E-state index is 13.6. The van der Waals surface area contributed by atoms with Crippen molar-refractivity contribution in [3.8, 4) is 0 Å². The van der Waals surface area contributed by atoms with E-state index in [2.05, 4.69) is 34.3 Å². The Bertz CT molecular complexity index is 1320. The van der Waals surface area contributed by atoms with Crippen LogP contribution in [0.3, 0.4) is 0 Å². The second kappa shape index (κ2) is 18.2. The van der Waals surface area contributed by atoms with Crippen molar-refractivity contribution in [1.29, 1.82) is 0 Å². The first-order chi connectivity index (χ1) is 22.0. The Hall–Kier alpha value is -3.81. The molecule has 0 atom stereocenters. The normalized spacial score (nSPS) is 13.8. The zero-order valence-electron chi connectivity index (χ0n) is 26.3. The summed E-state index contributed by atoms with van der Waals surface area (Å²) < 4.78 is 21.7. The summed E-state index contributed by atoms with van der Waals surface area (Å²) in [6, 6.07) is 16.0. The molecule has 0 spiro atoms. The van der Waals surface area contributed by atoms with Gasteiger partial charge in [-0.25, -0.2) is 0 Å². The van der Waals surface area contributed by atoms with Crippen LogP contribution in [0.4, 0.5) is 5.69 Å². The van der Waals surface area contributed by atoms with Crippen molar-refractivity contribution in [3.05, 3.63) is 65.2 Å². The standard InChI is InChI=1S/C33H45N5O7/c1-3-38-33-27-9-5-4-8-26(27)24-37(29-11-7-6-10-28(29)32(33)35-36-38)31(41)13-12-30(40)34-15-17-43-19-21-45-23-22-44-20-18-42-16-14-25(2)39/h4-11,35-36H,3,12-24H2,1-2H3,(H,34,40). The van der Waals surface area contributed by atoms with E-state index in [1.807, 2.05) is 42.5 Å². The lowest BCUT2D eigenvalue weighted by molar-refractivity contribution is -0.125. The summed E-state index contributed by atoms with van der Waals surface area (Å²) in [5.74, 6) is -0.205. The maximum Gasteiger partial charge on any atom is 0.227 e. The van der Waals surface area contributed by atoms with Gasteiger partial charge in [-0.05, 0) is 25.5 Å². The number of Topliss-reactive ketones (excluding diaryl/α,β-unsaturated/α-hetero) is 1. The third-order valence-corrected chi connectivity index (χ3v) is 7.35. The SMILES string of the molecule is CCN1NNC2=C1c1ccccc1CN(C(=O)CCC(=O)NCCOCCOCCOCCOCCC(C)=O)c1ccccc12. The molecule has 12 nitrogen and oxygen atoms in total. The second-order valence-corrected chi connectivity index (χ2v) is 10.6. The lowest BCUT2D eigenvalue weighted by Crippen LogP contribution is -2.37. The molecule has 12 heteroatoms. The quantitative estimate of drug-likeness (QED) is 0.201. The summed E-state index contributed by atoms with van der Waals surface area (Å²) in [5, 5.41) is 4.90. The monoisotopic (exact) mass is 623 g/mol. The Morgan fingerprint density at radius 1 is 0.778 bits per heavy atom. The van der Waals surface area contributed by atoms with E-state index < -0.39 is 0 Å². The van der Waals surface area contributed by atoms with Gasteiger partial charge in [0.05, 0.1) is 76.5 Å². The minimum Gasteiger partial charge on any atom is -0.379 e. The summed E-state index contributed by atoms with van der Waals surface area (Å²) in [7, 11) is 0. The second-order valence-electron chi connectivity index (χ2n) is 10.6. The predicted molar refractivity (Wildman–Crippen MR) is 170 cm³/mol. The van der Waals surface area contributed by atoms with Gasteiger partial charge in [-0.2, -0.15) is 0 Å². The molecule has 0 saturated heterocycles. The molecular formula is C33H45N5O7. The van der Waals surface area contributed by atoms with Gasteiger partial charge in [0.2, 0.25) is 11.8 Å². The summed E-state index contributed by atoms with van der Waals surface area (Å²) in [6.07, 6.45) is 0.592. The highest BCUT2D eigenvalue weighted by molar-refractivity contribution is 6.02. The van der Waals surface area contributed by atoms with E-state index in [0.717, 1.165) is 40.3 Å². The van der Waals surface area contributed by atoms with Gasteiger partial charge in [0.15, 0.2) is 0 Å². The molecule has 0 unspecified atom stereocenters. The molecule has 3 N–H and O–H groups in total. The van der Waals surface area contributed by atoms with Crippen LogP contribution in [0, 0.1) is 0 Å². The van der Waals surface area contributed by atoms with Gasteiger partial charge in [-0.1, -0.05) is 42.5 Å². The Morgan fingerprint density at radius 2 is 1.40 bits per heavy atom. The molecule has 2 aromatic carbocycles. The van der Waals surface area contributed by atoms with Gasteiger partial charge in [-0.15, -0.1) is 5.53 Å². The van der Waals surface area contributed by atoms with Gasteiger partial charge < -0.3 is 34.6 Å². The first-order valence-electron chi connectivity index (χ1n) is 15.6. The maximum absolute atomic E-state index is 13.6. The lowest BCUT2D eigenvalue weighted by Gasteiger charge is -2.30. The van der Waals surface area contributed by atoms with E-state index in [-0.39, 0.29) is 30.4 Å². The number of anilines is 1. The van der Waals surface area contributed by atoms with Gasteiger partial charge in [-0.3, -0.25) is 19.4 Å². The molecule has 2 aromatic rings. The van der Waals surface area contributed by atoms with Gasteiger partial charge in [0.25, 0.3) is 0 Å². The summed E-state index contributed by atoms with van der Waals surface area (Å²) in [4.78, 5) is 38.7. The lowest BCUT2D eigenvalue weighted by atomic mass is 9.95. The van der Waals surface area contributed by atoms with Crippen LogP contribution in [0.1, 0.15) is 49.8 Å². The highest BCUT2D eigenvalue weighted by atomic mass is 16.6. The van der Waals surface area contributed by atoms with Crippen molar-refractivity contribution in [2.75, 3.05) is 70.8 Å². The number of nitrogens with zero attached hydrogens (tertiary/aromatic N) is 2. The van der Waals surface area contributed by atoms with Crippen LogP contribution in [0.2, 0.25) is 0 Å². The Morgan fingerprint density at radius 3 is 2.09 bits per heavy atom. The Kier molecular flexibility index (Phi) is 13.8. The van der Waals surface area contributed by atoms with Crippen LogP contribution in [-0.4, -0.2) is 88.6 Å². The average Bonchev–Trinajstić information content (AvgIpc) is 3.47. The molecule has 244 valence electrons. The fourth-order valence-corrected chi connectivity index (χ4v) is 5.06. The number of benzene rings is 2. The third-order valence-electron chi connectivity index (χ3n) is 7.35. The number of carbonyl (C=O) groups excluding carboxylic acids is 3. The van der Waals surface area contributed by atoms with Gasteiger partial charge in [0.1, 0.15) is 5.78 Å². The van der Waals surface area contributed by atoms with Crippen molar-refractivity contribution in [1.82, 2.24) is 21.3 Å². The molecule has 0 saturated carbocycles. The molecule has 0 aromatic heterocycles. The van der Waals surface area contributed by atoms with Crippen LogP contribution in [-0.2, 0) is 39.9 Å². The van der Waals surface area contributed by atoms with E-state index >= 15 is 0 Å². The van der Waals surface area contributed by atoms with Crippen molar-refractivity contribution >= 4 is 34.7 Å². The largest absolute Gasteiger partial charge is 0.379 e. The summed E-state index contributed by atoms with van der Waals surface area (Å²) in [5.41, 5.74) is 12.3. The molecule has 0 aliphatic carbocycles. The molecule has 2 heterocycles. The van der Waals surface area contributed by atoms with Crippen molar-refractivity contribution in [2.24, 2.45) is 0 Å². The van der Waals surface area contributed by atoms with E-state index in [1.165, 1.54) is 6.92 Å². The minimum atomic E-state index is -0.198.